The highest BCUT2D eigenvalue weighted by Gasteiger charge is 2.58. The maximum Gasteiger partial charge on any atom is 0.339 e. The van der Waals surface area contributed by atoms with Gasteiger partial charge in [-0.05, 0) is 131 Å². The van der Waals surface area contributed by atoms with Crippen molar-refractivity contribution in [2.45, 2.75) is 145 Å². The molecule has 0 unspecified atom stereocenters. The second-order valence-corrected chi connectivity index (χ2v) is 18.6. The van der Waals surface area contributed by atoms with Gasteiger partial charge in [-0.1, -0.05) is 43.3 Å². The summed E-state index contributed by atoms with van der Waals surface area (Å²) in [5.41, 5.74) is -0.353. The average Bonchev–Trinajstić information content (AvgIpc) is 3.14. The molecule has 2 saturated heterocycles. The Morgan fingerprint density at radius 1 is 0.772 bits per heavy atom. The molecule has 0 N–H and O–H groups in total. The van der Waals surface area contributed by atoms with Crippen LogP contribution in [0, 0.1) is 22.2 Å². The number of hydrogen-bond acceptors (Lipinski definition) is 12. The van der Waals surface area contributed by atoms with Crippen molar-refractivity contribution in [1.82, 2.24) is 4.90 Å². The zero-order valence-corrected chi connectivity index (χ0v) is 35.7. The van der Waals surface area contributed by atoms with E-state index in [1.807, 2.05) is 24.3 Å². The van der Waals surface area contributed by atoms with Crippen LogP contribution < -0.4 is 9.47 Å². The zero-order valence-electron chi connectivity index (χ0n) is 35.7. The van der Waals surface area contributed by atoms with E-state index in [2.05, 4.69) is 17.9 Å². The molecular weight excluding hydrogens is 730 g/mol. The molecule has 0 amide bonds. The van der Waals surface area contributed by atoms with E-state index in [0.29, 0.717) is 35.4 Å². The Kier molecular flexibility index (Phi) is 13.7. The summed E-state index contributed by atoms with van der Waals surface area (Å²) in [5.74, 6) is -1.76. The highest BCUT2D eigenvalue weighted by Crippen LogP contribution is 2.45. The topological polar surface area (TPSA) is 136 Å². The summed E-state index contributed by atoms with van der Waals surface area (Å²) < 4.78 is 43.5. The first kappa shape index (κ1) is 44.0. The van der Waals surface area contributed by atoms with Crippen molar-refractivity contribution in [2.75, 3.05) is 20.2 Å². The molecule has 2 aliphatic heterocycles. The number of methoxy groups -OCH3 is 1. The van der Waals surface area contributed by atoms with Gasteiger partial charge in [-0.3, -0.25) is 19.3 Å². The third-order valence-electron chi connectivity index (χ3n) is 10.7. The summed E-state index contributed by atoms with van der Waals surface area (Å²) in [6.07, 6.45) is -3.11. The Morgan fingerprint density at radius 2 is 1.37 bits per heavy atom. The lowest BCUT2D eigenvalue weighted by Gasteiger charge is -2.46. The van der Waals surface area contributed by atoms with Crippen molar-refractivity contribution >= 4 is 23.9 Å². The number of rotatable bonds is 11. The first-order chi connectivity index (χ1) is 26.7. The SMILES string of the molecule is CCCN1CCC[C@@H]2Cc3c(ccc(OC)c3O[C@@H]3O[C@H](C(=O)OCc4ccccc4)[C@@H](OC(=O)C(C)(C)C)[C@H](OC(=O)C(C)(C)C)[C@H]3OC(=O)C(C)(C)C)C[C@H]21. The largest absolute Gasteiger partial charge is 0.493 e. The Balaban J connectivity index is 1.64. The van der Waals surface area contributed by atoms with Crippen LogP contribution in [0.3, 0.4) is 0 Å². The molecule has 0 spiro atoms. The second-order valence-electron chi connectivity index (χ2n) is 18.6. The molecule has 2 aromatic rings. The van der Waals surface area contributed by atoms with E-state index in [1.54, 1.807) is 81.6 Å². The number of benzene rings is 2. The van der Waals surface area contributed by atoms with E-state index in [4.69, 9.17) is 33.2 Å². The molecule has 2 heterocycles. The van der Waals surface area contributed by atoms with Crippen LogP contribution in [-0.2, 0) is 62.3 Å². The predicted molar refractivity (Wildman–Crippen MR) is 212 cm³/mol. The van der Waals surface area contributed by atoms with Gasteiger partial charge in [0.05, 0.1) is 23.4 Å². The number of carbonyl (C=O) groups excluding carboxylic acids is 4. The molecule has 2 aromatic carbocycles. The van der Waals surface area contributed by atoms with Gasteiger partial charge in [0, 0.05) is 11.6 Å². The molecular formula is C45H63NO11. The fourth-order valence-electron chi connectivity index (χ4n) is 7.46. The van der Waals surface area contributed by atoms with Crippen molar-refractivity contribution in [1.29, 1.82) is 0 Å². The standard InChI is InChI=1S/C45H63NO11/c1-12-22-46-23-16-19-29-24-30-28(25-31(29)46)20-21-32(51-11)33(30)53-39-37(57-42(50)45(8,9)10)35(56-41(49)44(5,6)7)34(55-40(48)43(2,3)4)36(54-39)38(47)52-26-27-17-14-13-15-18-27/h13-15,17-18,20-21,29,31,34-37,39H,12,16,19,22-26H2,1-11H3/t29-,31-,34+,35+,36+,37-,39-/m1/s1. The number of fused-ring (bicyclic) bond motifs is 2. The summed E-state index contributed by atoms with van der Waals surface area (Å²) >= 11 is 0. The molecule has 0 bridgehead atoms. The molecule has 3 aliphatic rings. The first-order valence-electron chi connectivity index (χ1n) is 20.3. The number of piperidine rings is 1. The third kappa shape index (κ3) is 10.5. The van der Waals surface area contributed by atoms with E-state index in [0.717, 1.165) is 49.9 Å². The minimum absolute atomic E-state index is 0.114. The number of likely N-dealkylation sites (tertiary alicyclic amines) is 1. The van der Waals surface area contributed by atoms with E-state index in [9.17, 15) is 19.2 Å². The summed E-state index contributed by atoms with van der Waals surface area (Å²) in [5, 5.41) is 0. The van der Waals surface area contributed by atoms with Gasteiger partial charge in [0.1, 0.15) is 6.61 Å². The Labute approximate surface area is 338 Å². The van der Waals surface area contributed by atoms with Crippen molar-refractivity contribution in [3.05, 3.63) is 59.2 Å². The van der Waals surface area contributed by atoms with E-state index >= 15 is 0 Å². The Hall–Kier alpha value is -4.16. The molecule has 7 atom stereocenters. The Morgan fingerprint density at radius 3 is 1.95 bits per heavy atom. The lowest BCUT2D eigenvalue weighted by molar-refractivity contribution is -0.288. The van der Waals surface area contributed by atoms with Gasteiger partial charge in [-0.2, -0.15) is 0 Å². The van der Waals surface area contributed by atoms with Gasteiger partial charge < -0.3 is 33.2 Å². The first-order valence-corrected chi connectivity index (χ1v) is 20.3. The van der Waals surface area contributed by atoms with Gasteiger partial charge in [0.25, 0.3) is 0 Å². The van der Waals surface area contributed by atoms with Crippen LogP contribution in [0.25, 0.3) is 0 Å². The molecule has 57 heavy (non-hydrogen) atoms. The molecule has 1 aliphatic carbocycles. The second kappa shape index (κ2) is 17.8. The van der Waals surface area contributed by atoms with E-state index < -0.39 is 70.8 Å². The maximum absolute atomic E-state index is 14.3. The van der Waals surface area contributed by atoms with Gasteiger partial charge >= 0.3 is 23.9 Å². The number of nitrogens with zero attached hydrogens (tertiary/aromatic N) is 1. The quantitative estimate of drug-likeness (QED) is 0.171. The molecule has 0 aromatic heterocycles. The smallest absolute Gasteiger partial charge is 0.339 e. The molecule has 12 nitrogen and oxygen atoms in total. The molecule has 2 fully saturated rings. The number of esters is 4. The maximum atomic E-state index is 14.3. The van der Waals surface area contributed by atoms with Crippen molar-refractivity contribution in [2.24, 2.45) is 22.2 Å². The van der Waals surface area contributed by atoms with E-state index in [1.165, 1.54) is 0 Å². The molecule has 0 saturated carbocycles. The van der Waals surface area contributed by atoms with Crippen molar-refractivity contribution in [3.63, 3.8) is 0 Å². The highest BCUT2D eigenvalue weighted by atomic mass is 16.7. The van der Waals surface area contributed by atoms with Crippen LogP contribution >= 0.6 is 0 Å². The number of ether oxygens (including phenoxy) is 7. The molecule has 314 valence electrons. The van der Waals surface area contributed by atoms with Crippen LogP contribution in [-0.4, -0.2) is 85.7 Å². The fourth-order valence-corrected chi connectivity index (χ4v) is 7.46. The summed E-state index contributed by atoms with van der Waals surface area (Å²) in [4.78, 5) is 58.1. The normalized spacial score (nSPS) is 25.3. The van der Waals surface area contributed by atoms with Crippen LogP contribution in [0.2, 0.25) is 0 Å². The third-order valence-corrected chi connectivity index (χ3v) is 10.7. The van der Waals surface area contributed by atoms with Gasteiger partial charge in [-0.25, -0.2) is 4.79 Å². The highest BCUT2D eigenvalue weighted by molar-refractivity contribution is 5.80. The van der Waals surface area contributed by atoms with Crippen molar-refractivity contribution in [3.8, 4) is 11.5 Å². The lowest BCUT2D eigenvalue weighted by Crippen LogP contribution is -2.65. The van der Waals surface area contributed by atoms with Gasteiger partial charge in [0.2, 0.25) is 12.4 Å². The van der Waals surface area contributed by atoms with Crippen LogP contribution in [0.1, 0.15) is 105 Å². The van der Waals surface area contributed by atoms with Crippen LogP contribution in [0.15, 0.2) is 42.5 Å². The summed E-state index contributed by atoms with van der Waals surface area (Å²) in [7, 11) is 1.54. The summed E-state index contributed by atoms with van der Waals surface area (Å²) in [6.45, 7) is 19.2. The van der Waals surface area contributed by atoms with E-state index in [-0.39, 0.29) is 6.61 Å². The minimum atomic E-state index is -1.66. The van der Waals surface area contributed by atoms with Crippen molar-refractivity contribution < 1.29 is 52.3 Å². The van der Waals surface area contributed by atoms with Crippen LogP contribution in [0.4, 0.5) is 0 Å². The predicted octanol–water partition coefficient (Wildman–Crippen LogP) is 7.01. The number of hydrogen-bond donors (Lipinski definition) is 0. The van der Waals surface area contributed by atoms with Gasteiger partial charge in [0.15, 0.2) is 29.8 Å². The summed E-state index contributed by atoms with van der Waals surface area (Å²) in [6, 6.07) is 13.4. The number of carbonyl (C=O) groups is 4. The molecule has 12 heteroatoms. The fraction of sp³-hybridized carbons (Fsp3) is 0.644. The Bertz CT molecular complexity index is 1740. The molecule has 5 rings (SSSR count). The minimum Gasteiger partial charge on any atom is -0.493 e. The monoisotopic (exact) mass is 793 g/mol. The zero-order chi connectivity index (χ0) is 41.9. The molecule has 0 radical (unpaired) electrons. The van der Waals surface area contributed by atoms with Gasteiger partial charge in [-0.15, -0.1) is 0 Å². The lowest BCUT2D eigenvalue weighted by atomic mass is 9.75. The van der Waals surface area contributed by atoms with Crippen LogP contribution in [0.5, 0.6) is 11.5 Å². The average molecular weight is 794 g/mol.